The molecule has 0 saturated carbocycles. The van der Waals surface area contributed by atoms with E-state index in [-0.39, 0.29) is 17.1 Å². The van der Waals surface area contributed by atoms with E-state index in [4.69, 9.17) is 12.2 Å². The second-order valence-electron chi connectivity index (χ2n) is 2.64. The van der Waals surface area contributed by atoms with Gasteiger partial charge in [-0.2, -0.15) is 0 Å². The molecule has 0 bridgehead atoms. The quantitative estimate of drug-likeness (QED) is 0.339. The third kappa shape index (κ3) is 2.40. The van der Waals surface area contributed by atoms with Gasteiger partial charge in [-0.3, -0.25) is 10.1 Å². The highest BCUT2D eigenvalue weighted by atomic mass is 32.1. The summed E-state index contributed by atoms with van der Waals surface area (Å²) in [7, 11) is 0. The Morgan fingerprint density at radius 1 is 1.64 bits per heavy atom. The Morgan fingerprint density at radius 3 is 2.79 bits per heavy atom. The molecule has 2 N–H and O–H groups in total. The molecule has 0 radical (unpaired) electrons. The van der Waals surface area contributed by atoms with E-state index in [9.17, 15) is 15.2 Å². The van der Waals surface area contributed by atoms with E-state index in [2.05, 4.69) is 5.32 Å². The lowest BCUT2D eigenvalue weighted by atomic mass is 10.2. The van der Waals surface area contributed by atoms with Gasteiger partial charge >= 0.3 is 0 Å². The summed E-state index contributed by atoms with van der Waals surface area (Å²) >= 11 is 4.75. The minimum Gasteiger partial charge on any atom is -0.506 e. The van der Waals surface area contributed by atoms with Gasteiger partial charge in [0.25, 0.3) is 5.69 Å². The lowest BCUT2D eigenvalue weighted by Crippen LogP contribution is -2.03. The van der Waals surface area contributed by atoms with Gasteiger partial charge in [-0.15, -0.1) is 0 Å². The molecule has 14 heavy (non-hydrogen) atoms. The van der Waals surface area contributed by atoms with Crippen LogP contribution in [0.15, 0.2) is 18.2 Å². The first-order valence-electron chi connectivity index (χ1n) is 3.75. The van der Waals surface area contributed by atoms with Crippen molar-refractivity contribution >= 4 is 28.6 Å². The van der Waals surface area contributed by atoms with Crippen LogP contribution in [-0.4, -0.2) is 15.0 Å². The van der Waals surface area contributed by atoms with Gasteiger partial charge in [0.05, 0.1) is 15.6 Å². The number of anilines is 1. The number of nitro benzene ring substituents is 1. The van der Waals surface area contributed by atoms with Gasteiger partial charge in [-0.1, -0.05) is 12.2 Å². The van der Waals surface area contributed by atoms with Crippen molar-refractivity contribution in [2.75, 3.05) is 5.32 Å². The summed E-state index contributed by atoms with van der Waals surface area (Å²) in [6.45, 7) is 1.62. The molecule has 6 heteroatoms. The molecular formula is C8H8N2O3S. The second-order valence-corrected chi connectivity index (χ2v) is 3.25. The van der Waals surface area contributed by atoms with Crippen LogP contribution in [-0.2, 0) is 0 Å². The van der Waals surface area contributed by atoms with E-state index in [1.54, 1.807) is 6.92 Å². The van der Waals surface area contributed by atoms with Gasteiger partial charge in [-0.05, 0) is 13.0 Å². The Hall–Kier alpha value is -1.69. The van der Waals surface area contributed by atoms with E-state index < -0.39 is 4.92 Å². The molecule has 0 spiro atoms. The van der Waals surface area contributed by atoms with E-state index in [1.807, 2.05) is 0 Å². The molecular weight excluding hydrogens is 204 g/mol. The normalized spacial score (nSPS) is 9.50. The van der Waals surface area contributed by atoms with Crippen molar-refractivity contribution < 1.29 is 10.0 Å². The minimum absolute atomic E-state index is 0.0696. The Labute approximate surface area is 85.5 Å². The van der Waals surface area contributed by atoms with Crippen LogP contribution in [0, 0.1) is 10.1 Å². The number of aromatic hydroxyl groups is 1. The predicted molar refractivity (Wildman–Crippen MR) is 56.7 cm³/mol. The largest absolute Gasteiger partial charge is 0.506 e. The molecule has 0 unspecified atom stereocenters. The predicted octanol–water partition coefficient (Wildman–Crippen LogP) is 2.06. The zero-order valence-electron chi connectivity index (χ0n) is 7.35. The average Bonchev–Trinajstić information content (AvgIpc) is 2.07. The monoisotopic (exact) mass is 212 g/mol. The SMILES string of the molecule is CC(=S)Nc1cc([N+](=O)[O-])ccc1O. The molecule has 0 aliphatic carbocycles. The summed E-state index contributed by atoms with van der Waals surface area (Å²) in [6, 6.07) is 3.70. The number of nitro groups is 1. The topological polar surface area (TPSA) is 75.4 Å². The molecule has 1 rings (SSSR count). The number of non-ortho nitro benzene ring substituents is 1. The molecule has 0 aliphatic heterocycles. The average molecular weight is 212 g/mol. The lowest BCUT2D eigenvalue weighted by molar-refractivity contribution is -0.384. The molecule has 1 aromatic rings. The van der Waals surface area contributed by atoms with Crippen molar-refractivity contribution in [1.29, 1.82) is 0 Å². The molecule has 0 fully saturated rings. The van der Waals surface area contributed by atoms with Gasteiger partial charge in [0.1, 0.15) is 5.75 Å². The van der Waals surface area contributed by atoms with Crippen LogP contribution in [0.4, 0.5) is 11.4 Å². The smallest absolute Gasteiger partial charge is 0.271 e. The maximum absolute atomic E-state index is 10.4. The lowest BCUT2D eigenvalue weighted by Gasteiger charge is -2.05. The van der Waals surface area contributed by atoms with Crippen LogP contribution in [0.1, 0.15) is 6.92 Å². The summed E-state index contributed by atoms with van der Waals surface area (Å²) in [4.78, 5) is 10.3. The summed E-state index contributed by atoms with van der Waals surface area (Å²) in [6.07, 6.45) is 0. The molecule has 1 aromatic carbocycles. The molecule has 0 saturated heterocycles. The number of nitrogens with one attached hydrogen (secondary N) is 1. The number of benzene rings is 1. The van der Waals surface area contributed by atoms with Crippen LogP contribution in [0.25, 0.3) is 0 Å². The molecule has 0 aromatic heterocycles. The third-order valence-electron chi connectivity index (χ3n) is 1.50. The number of thiocarbonyl (C=S) groups is 1. The van der Waals surface area contributed by atoms with Crippen molar-refractivity contribution in [1.82, 2.24) is 0 Å². The van der Waals surface area contributed by atoms with E-state index in [1.165, 1.54) is 18.2 Å². The van der Waals surface area contributed by atoms with Gasteiger partial charge in [0.15, 0.2) is 0 Å². The number of phenolic OH excluding ortho intramolecular Hbond substituents is 1. The van der Waals surface area contributed by atoms with Crippen molar-refractivity contribution in [2.45, 2.75) is 6.92 Å². The number of nitrogens with zero attached hydrogens (tertiary/aromatic N) is 1. The van der Waals surface area contributed by atoms with Crippen molar-refractivity contribution in [2.24, 2.45) is 0 Å². The maximum Gasteiger partial charge on any atom is 0.271 e. The van der Waals surface area contributed by atoms with Crippen LogP contribution in [0.3, 0.4) is 0 Å². The van der Waals surface area contributed by atoms with E-state index >= 15 is 0 Å². The first-order valence-corrected chi connectivity index (χ1v) is 4.16. The third-order valence-corrected chi connectivity index (χ3v) is 1.60. The van der Waals surface area contributed by atoms with Gasteiger partial charge in [-0.25, -0.2) is 0 Å². The van der Waals surface area contributed by atoms with Gasteiger partial charge in [0.2, 0.25) is 0 Å². The highest BCUT2D eigenvalue weighted by molar-refractivity contribution is 7.80. The highest BCUT2D eigenvalue weighted by Crippen LogP contribution is 2.27. The number of phenols is 1. The molecule has 0 amide bonds. The molecule has 0 atom stereocenters. The summed E-state index contributed by atoms with van der Waals surface area (Å²) in [5, 5.41) is 22.4. The zero-order chi connectivity index (χ0) is 10.7. The van der Waals surface area contributed by atoms with Crippen molar-refractivity contribution in [3.8, 4) is 5.75 Å². The highest BCUT2D eigenvalue weighted by Gasteiger charge is 2.09. The Balaban J connectivity index is 3.08. The molecule has 74 valence electrons. The Morgan fingerprint density at radius 2 is 2.29 bits per heavy atom. The summed E-state index contributed by atoms with van der Waals surface area (Å²) in [5.41, 5.74) is 0.147. The first-order chi connectivity index (χ1) is 6.50. The summed E-state index contributed by atoms with van der Waals surface area (Å²) in [5.74, 6) is -0.0696. The van der Waals surface area contributed by atoms with Crippen molar-refractivity contribution in [3.63, 3.8) is 0 Å². The zero-order valence-corrected chi connectivity index (χ0v) is 8.17. The fourth-order valence-electron chi connectivity index (χ4n) is 0.927. The van der Waals surface area contributed by atoms with Gasteiger partial charge in [0, 0.05) is 12.1 Å². The second kappa shape index (κ2) is 4.01. The van der Waals surface area contributed by atoms with Gasteiger partial charge < -0.3 is 10.4 Å². The number of hydrogen-bond donors (Lipinski definition) is 2. The van der Waals surface area contributed by atoms with Crippen molar-refractivity contribution in [3.05, 3.63) is 28.3 Å². The molecule has 0 heterocycles. The minimum atomic E-state index is -0.538. The Kier molecular flexibility index (Phi) is 2.98. The first kappa shape index (κ1) is 10.4. The number of rotatable bonds is 2. The van der Waals surface area contributed by atoms with Crippen LogP contribution in [0.2, 0.25) is 0 Å². The maximum atomic E-state index is 10.4. The van der Waals surface area contributed by atoms with Crippen LogP contribution >= 0.6 is 12.2 Å². The van der Waals surface area contributed by atoms with Crippen LogP contribution in [0.5, 0.6) is 5.75 Å². The molecule has 0 aliphatic rings. The standard InChI is InChI=1S/C8H8N2O3S/c1-5(14)9-7-4-6(10(12)13)2-3-8(7)11/h2-4,11H,1H3,(H,9,14). The van der Waals surface area contributed by atoms with E-state index in [0.717, 1.165) is 0 Å². The Bertz CT molecular complexity index is 392. The summed E-state index contributed by atoms with van der Waals surface area (Å²) < 4.78 is 0. The number of hydrogen-bond acceptors (Lipinski definition) is 4. The van der Waals surface area contributed by atoms with E-state index in [0.29, 0.717) is 4.99 Å². The molecule has 5 nitrogen and oxygen atoms in total. The fraction of sp³-hybridized carbons (Fsp3) is 0.125. The van der Waals surface area contributed by atoms with Crippen LogP contribution < -0.4 is 5.32 Å². The fourth-order valence-corrected chi connectivity index (χ4v) is 1.04.